The van der Waals surface area contributed by atoms with Gasteiger partial charge in [-0.25, -0.2) is 0 Å². The summed E-state index contributed by atoms with van der Waals surface area (Å²) in [5.74, 6) is 0.909. The van der Waals surface area contributed by atoms with Crippen LogP contribution in [0.5, 0.6) is 0 Å². The molecule has 1 saturated heterocycles. The van der Waals surface area contributed by atoms with Crippen LogP contribution in [0.15, 0.2) is 0 Å². The molecule has 0 saturated carbocycles. The van der Waals surface area contributed by atoms with Crippen molar-refractivity contribution in [3.63, 3.8) is 0 Å². The lowest BCUT2D eigenvalue weighted by molar-refractivity contribution is -0.142. The molecule has 1 fully saturated rings. The summed E-state index contributed by atoms with van der Waals surface area (Å²) in [6, 6.07) is 0. The minimum atomic E-state index is -0.0169. The van der Waals surface area contributed by atoms with Crippen LogP contribution in [0.25, 0.3) is 0 Å². The van der Waals surface area contributed by atoms with Gasteiger partial charge < -0.3 is 4.90 Å². The second-order valence-electron chi connectivity index (χ2n) is 7.14. The highest BCUT2D eigenvalue weighted by atomic mass is 16.2. The molecule has 0 aliphatic carbocycles. The molecule has 1 unspecified atom stereocenters. The maximum Gasteiger partial charge on any atom is 0.223 e. The number of likely N-dealkylation sites (tertiary alicyclic amines) is 1. The van der Waals surface area contributed by atoms with E-state index in [1.54, 1.807) is 0 Å². The van der Waals surface area contributed by atoms with Crippen LogP contribution in [-0.4, -0.2) is 22.9 Å². The summed E-state index contributed by atoms with van der Waals surface area (Å²) < 4.78 is 0. The molecule has 0 aromatic rings. The Balaban J connectivity index is 2.67. The molecule has 0 aromatic heterocycles. The first kappa shape index (κ1) is 14.5. The maximum atomic E-state index is 12.2. The molecule has 2 nitrogen and oxygen atoms in total. The lowest BCUT2D eigenvalue weighted by Crippen LogP contribution is -2.51. The van der Waals surface area contributed by atoms with Crippen LogP contribution in [0, 0.1) is 11.3 Å². The number of hydrogen-bond donors (Lipinski definition) is 0. The van der Waals surface area contributed by atoms with Gasteiger partial charge in [-0.2, -0.15) is 0 Å². The van der Waals surface area contributed by atoms with Gasteiger partial charge in [0, 0.05) is 18.5 Å². The predicted octanol–water partition coefficient (Wildman–Crippen LogP) is 3.85. The van der Waals surface area contributed by atoms with E-state index in [4.69, 9.17) is 0 Å². The van der Waals surface area contributed by atoms with E-state index in [9.17, 15) is 4.79 Å². The van der Waals surface area contributed by atoms with E-state index < -0.39 is 0 Å². The van der Waals surface area contributed by atoms with Crippen LogP contribution >= 0.6 is 0 Å². The van der Waals surface area contributed by atoms with Crippen LogP contribution < -0.4 is 0 Å². The van der Waals surface area contributed by atoms with Gasteiger partial charge in [0.1, 0.15) is 0 Å². The largest absolute Gasteiger partial charge is 0.338 e. The van der Waals surface area contributed by atoms with Crippen molar-refractivity contribution in [3.8, 4) is 0 Å². The second kappa shape index (κ2) is 4.99. The molecule has 0 N–H and O–H groups in total. The van der Waals surface area contributed by atoms with Gasteiger partial charge in [-0.15, -0.1) is 0 Å². The Bertz CT molecular complexity index is 275. The summed E-state index contributed by atoms with van der Waals surface area (Å²) in [7, 11) is 0. The standard InChI is InChI=1S/C15H29NO/c1-7-9-15(5,6)12-8-10-16(13(17)11-12)14(2,3)4/h12H,7-11H2,1-6H3. The fraction of sp³-hybridized carbons (Fsp3) is 0.933. The minimum Gasteiger partial charge on any atom is -0.338 e. The average molecular weight is 239 g/mol. The Kier molecular flexibility index (Phi) is 4.27. The van der Waals surface area contributed by atoms with Gasteiger partial charge >= 0.3 is 0 Å². The molecule has 1 aliphatic heterocycles. The first-order valence-corrected chi connectivity index (χ1v) is 6.99. The Labute approximate surface area is 107 Å². The molecule has 1 aliphatic rings. The van der Waals surface area contributed by atoms with Gasteiger partial charge in [0.25, 0.3) is 0 Å². The lowest BCUT2D eigenvalue weighted by atomic mass is 9.70. The van der Waals surface area contributed by atoms with Crippen molar-refractivity contribution in [1.29, 1.82) is 0 Å². The molecule has 1 rings (SSSR count). The molecular formula is C15H29NO. The van der Waals surface area contributed by atoms with Crippen LogP contribution in [0.2, 0.25) is 0 Å². The van der Waals surface area contributed by atoms with Gasteiger partial charge in [0.15, 0.2) is 0 Å². The summed E-state index contributed by atoms with van der Waals surface area (Å²) in [4.78, 5) is 14.3. The summed E-state index contributed by atoms with van der Waals surface area (Å²) in [5, 5.41) is 0. The molecule has 100 valence electrons. The van der Waals surface area contributed by atoms with Crippen LogP contribution in [0.1, 0.15) is 67.2 Å². The van der Waals surface area contributed by atoms with Crippen molar-refractivity contribution < 1.29 is 4.79 Å². The van der Waals surface area contributed by atoms with Crippen LogP contribution in [0.4, 0.5) is 0 Å². The molecule has 2 heteroatoms. The number of amides is 1. The van der Waals surface area contributed by atoms with E-state index in [1.165, 1.54) is 12.8 Å². The van der Waals surface area contributed by atoms with Crippen molar-refractivity contribution in [2.45, 2.75) is 72.8 Å². The molecule has 0 aromatic carbocycles. The van der Waals surface area contributed by atoms with Crippen molar-refractivity contribution >= 4 is 5.91 Å². The fourth-order valence-electron chi connectivity index (χ4n) is 3.06. The lowest BCUT2D eigenvalue weighted by Gasteiger charge is -2.45. The molecular weight excluding hydrogens is 210 g/mol. The first-order chi connectivity index (χ1) is 7.68. The third-order valence-electron chi connectivity index (χ3n) is 4.23. The van der Waals surface area contributed by atoms with E-state index in [1.807, 2.05) is 4.90 Å². The van der Waals surface area contributed by atoms with Gasteiger partial charge in [0.05, 0.1) is 0 Å². The topological polar surface area (TPSA) is 20.3 Å². The third-order valence-corrected chi connectivity index (χ3v) is 4.23. The number of carbonyl (C=O) groups is 1. The van der Waals surface area contributed by atoms with Gasteiger partial charge in [-0.3, -0.25) is 4.79 Å². The summed E-state index contributed by atoms with van der Waals surface area (Å²) in [6.45, 7) is 14.2. The molecule has 1 heterocycles. The quantitative estimate of drug-likeness (QED) is 0.732. The van der Waals surface area contributed by atoms with E-state index in [0.29, 0.717) is 17.2 Å². The molecule has 0 radical (unpaired) electrons. The molecule has 0 spiro atoms. The first-order valence-electron chi connectivity index (χ1n) is 6.99. The average Bonchev–Trinajstić information content (AvgIpc) is 2.15. The Morgan fingerprint density at radius 2 is 1.82 bits per heavy atom. The highest BCUT2D eigenvalue weighted by molar-refractivity contribution is 5.78. The van der Waals surface area contributed by atoms with E-state index in [2.05, 4.69) is 41.5 Å². The van der Waals surface area contributed by atoms with Gasteiger partial charge in [-0.05, 0) is 44.9 Å². The number of hydrogen-bond acceptors (Lipinski definition) is 1. The summed E-state index contributed by atoms with van der Waals surface area (Å²) in [5.41, 5.74) is 0.297. The van der Waals surface area contributed by atoms with E-state index in [0.717, 1.165) is 19.4 Å². The Hall–Kier alpha value is -0.530. The molecule has 1 amide bonds. The zero-order chi connectivity index (χ0) is 13.3. The minimum absolute atomic E-state index is 0.0169. The zero-order valence-electron chi connectivity index (χ0n) is 12.5. The Morgan fingerprint density at radius 3 is 2.24 bits per heavy atom. The Morgan fingerprint density at radius 1 is 1.24 bits per heavy atom. The van der Waals surface area contributed by atoms with Crippen molar-refractivity contribution in [1.82, 2.24) is 4.90 Å². The van der Waals surface area contributed by atoms with E-state index in [-0.39, 0.29) is 5.54 Å². The number of piperidine rings is 1. The predicted molar refractivity (Wildman–Crippen MR) is 72.9 cm³/mol. The number of rotatable bonds is 3. The number of nitrogens with zero attached hydrogens (tertiary/aromatic N) is 1. The SMILES string of the molecule is CCCC(C)(C)C1CCN(C(C)(C)C)C(=O)C1. The fourth-order valence-corrected chi connectivity index (χ4v) is 3.06. The maximum absolute atomic E-state index is 12.2. The molecule has 17 heavy (non-hydrogen) atoms. The highest BCUT2D eigenvalue weighted by Gasteiger charge is 2.38. The third kappa shape index (κ3) is 3.46. The smallest absolute Gasteiger partial charge is 0.223 e. The normalized spacial score (nSPS) is 23.1. The van der Waals surface area contributed by atoms with Crippen LogP contribution in [0.3, 0.4) is 0 Å². The molecule has 0 bridgehead atoms. The zero-order valence-corrected chi connectivity index (χ0v) is 12.5. The van der Waals surface area contributed by atoms with Crippen molar-refractivity contribution in [3.05, 3.63) is 0 Å². The highest BCUT2D eigenvalue weighted by Crippen LogP contribution is 2.40. The second-order valence-corrected chi connectivity index (χ2v) is 7.14. The summed E-state index contributed by atoms with van der Waals surface area (Å²) in [6.07, 6.45) is 4.33. The number of carbonyl (C=O) groups excluding carboxylic acids is 1. The van der Waals surface area contributed by atoms with Gasteiger partial charge in [-0.1, -0.05) is 27.2 Å². The van der Waals surface area contributed by atoms with Crippen molar-refractivity contribution in [2.24, 2.45) is 11.3 Å². The van der Waals surface area contributed by atoms with E-state index >= 15 is 0 Å². The summed E-state index contributed by atoms with van der Waals surface area (Å²) >= 11 is 0. The molecule has 1 atom stereocenters. The van der Waals surface area contributed by atoms with Crippen LogP contribution in [-0.2, 0) is 4.79 Å². The monoisotopic (exact) mass is 239 g/mol. The van der Waals surface area contributed by atoms with Gasteiger partial charge in [0.2, 0.25) is 5.91 Å². The van der Waals surface area contributed by atoms with Crippen molar-refractivity contribution in [2.75, 3.05) is 6.54 Å².